The minimum atomic E-state index is -0.622. The Morgan fingerprint density at radius 3 is 2.41 bits per heavy atom. The van der Waals surface area contributed by atoms with Crippen molar-refractivity contribution in [2.45, 2.75) is 64.9 Å². The van der Waals surface area contributed by atoms with Gasteiger partial charge in [-0.3, -0.25) is 9.79 Å². The van der Waals surface area contributed by atoms with Crippen LogP contribution in [-0.4, -0.2) is 61.1 Å². The van der Waals surface area contributed by atoms with Crippen LogP contribution in [0.15, 0.2) is 29.3 Å². The fourth-order valence-corrected chi connectivity index (χ4v) is 3.94. The second kappa shape index (κ2) is 12.8. The second-order valence-corrected chi connectivity index (χ2v) is 9.76. The Morgan fingerprint density at radius 1 is 1.19 bits per heavy atom. The van der Waals surface area contributed by atoms with Crippen LogP contribution < -0.4 is 16.4 Å². The van der Waals surface area contributed by atoms with Gasteiger partial charge in [0.15, 0.2) is 5.96 Å². The molecule has 1 fully saturated rings. The summed E-state index contributed by atoms with van der Waals surface area (Å²) in [6, 6.07) is 8.16. The van der Waals surface area contributed by atoms with Gasteiger partial charge in [-0.15, -0.1) is 0 Å². The van der Waals surface area contributed by atoms with Crippen LogP contribution in [0.2, 0.25) is 0 Å². The number of aliphatic hydroxyl groups is 1. The van der Waals surface area contributed by atoms with Crippen molar-refractivity contribution in [1.82, 2.24) is 15.5 Å². The number of piperidine rings is 1. The molecule has 1 saturated heterocycles. The molecule has 32 heavy (non-hydrogen) atoms. The van der Waals surface area contributed by atoms with Crippen LogP contribution in [0.3, 0.4) is 0 Å². The highest BCUT2D eigenvalue weighted by Crippen LogP contribution is 2.24. The van der Waals surface area contributed by atoms with E-state index >= 15 is 0 Å². The van der Waals surface area contributed by atoms with E-state index < -0.39 is 6.10 Å². The van der Waals surface area contributed by atoms with Gasteiger partial charge in [-0.1, -0.05) is 45.0 Å². The number of nitrogens with one attached hydrogen (secondary N) is 2. The molecule has 180 valence electrons. The van der Waals surface area contributed by atoms with E-state index in [1.54, 1.807) is 0 Å². The molecule has 1 amide bonds. The molecule has 7 nitrogen and oxygen atoms in total. The molecular formula is C25H43N5O2. The molecule has 1 unspecified atom stereocenters. The Hall–Kier alpha value is -2.12. The van der Waals surface area contributed by atoms with E-state index in [2.05, 4.69) is 53.4 Å². The van der Waals surface area contributed by atoms with Crippen LogP contribution in [0, 0.1) is 5.92 Å². The molecule has 0 radical (unpaired) electrons. The van der Waals surface area contributed by atoms with Crippen molar-refractivity contribution in [1.29, 1.82) is 0 Å². The Balaban J connectivity index is 1.71. The summed E-state index contributed by atoms with van der Waals surface area (Å²) in [5.41, 5.74) is 7.65. The minimum Gasteiger partial charge on any atom is -0.386 e. The van der Waals surface area contributed by atoms with Crippen LogP contribution >= 0.6 is 0 Å². The highest BCUT2D eigenvalue weighted by molar-refractivity contribution is 5.79. The molecule has 1 atom stereocenters. The van der Waals surface area contributed by atoms with E-state index in [0.717, 1.165) is 69.9 Å². The highest BCUT2D eigenvalue weighted by Gasteiger charge is 2.22. The first-order chi connectivity index (χ1) is 15.2. The molecule has 0 bridgehead atoms. The molecule has 0 spiro atoms. The van der Waals surface area contributed by atoms with E-state index in [-0.39, 0.29) is 17.2 Å². The largest absolute Gasteiger partial charge is 0.386 e. The van der Waals surface area contributed by atoms with E-state index in [9.17, 15) is 9.90 Å². The zero-order valence-electron chi connectivity index (χ0n) is 20.4. The summed E-state index contributed by atoms with van der Waals surface area (Å²) < 4.78 is 0. The number of primary amides is 1. The van der Waals surface area contributed by atoms with Crippen molar-refractivity contribution in [2.24, 2.45) is 16.6 Å². The Kier molecular flexibility index (Phi) is 10.5. The van der Waals surface area contributed by atoms with E-state index in [1.165, 1.54) is 5.56 Å². The normalized spacial score (nSPS) is 17.2. The minimum absolute atomic E-state index is 0.0542. The first kappa shape index (κ1) is 26.1. The molecule has 2 rings (SSSR count). The molecule has 1 aromatic rings. The number of guanidine groups is 1. The average Bonchev–Trinajstić information content (AvgIpc) is 2.76. The van der Waals surface area contributed by atoms with Gasteiger partial charge in [0.05, 0.1) is 12.6 Å². The number of likely N-dealkylation sites (tertiary alicyclic amines) is 1. The fraction of sp³-hybridized carbons (Fsp3) is 0.680. The second-order valence-electron chi connectivity index (χ2n) is 9.76. The van der Waals surface area contributed by atoms with Crippen molar-refractivity contribution in [3.05, 3.63) is 35.4 Å². The van der Waals surface area contributed by atoms with Gasteiger partial charge in [0.2, 0.25) is 5.91 Å². The maximum absolute atomic E-state index is 11.3. The third-order valence-electron chi connectivity index (χ3n) is 6.11. The Morgan fingerprint density at radius 2 is 1.84 bits per heavy atom. The summed E-state index contributed by atoms with van der Waals surface area (Å²) in [4.78, 5) is 18.2. The lowest BCUT2D eigenvalue weighted by molar-refractivity contribution is -0.123. The quantitative estimate of drug-likeness (QED) is 0.252. The van der Waals surface area contributed by atoms with Crippen molar-refractivity contribution in [2.75, 3.05) is 39.3 Å². The van der Waals surface area contributed by atoms with Crippen molar-refractivity contribution in [3.8, 4) is 0 Å². The lowest BCUT2D eigenvalue weighted by atomic mass is 9.86. The van der Waals surface area contributed by atoms with Crippen LogP contribution in [0.4, 0.5) is 0 Å². The van der Waals surface area contributed by atoms with Gasteiger partial charge < -0.3 is 26.4 Å². The SMILES string of the molecule is CCNC(=NCC(O)c1ccc(C(C)(C)C)cc1)NCCCCN1CCC(C(N)=O)CC1. The zero-order valence-corrected chi connectivity index (χ0v) is 20.4. The monoisotopic (exact) mass is 445 g/mol. The third kappa shape index (κ3) is 8.79. The van der Waals surface area contributed by atoms with Crippen LogP contribution in [0.25, 0.3) is 0 Å². The summed E-state index contributed by atoms with van der Waals surface area (Å²) in [6.07, 6.45) is 3.27. The number of benzene rings is 1. The molecule has 1 aliphatic rings. The fourth-order valence-electron chi connectivity index (χ4n) is 3.94. The predicted molar refractivity (Wildman–Crippen MR) is 132 cm³/mol. The summed E-state index contributed by atoms with van der Waals surface area (Å²) in [5, 5.41) is 17.2. The maximum atomic E-state index is 11.3. The predicted octanol–water partition coefficient (Wildman–Crippen LogP) is 2.55. The number of nitrogens with two attached hydrogens (primary N) is 1. The molecule has 5 N–H and O–H groups in total. The van der Waals surface area contributed by atoms with Crippen LogP contribution in [-0.2, 0) is 10.2 Å². The van der Waals surface area contributed by atoms with Crippen molar-refractivity contribution < 1.29 is 9.90 Å². The lowest BCUT2D eigenvalue weighted by Crippen LogP contribution is -2.40. The maximum Gasteiger partial charge on any atom is 0.220 e. The van der Waals surface area contributed by atoms with Crippen LogP contribution in [0.5, 0.6) is 0 Å². The number of aliphatic imine (C=N–C) groups is 1. The molecule has 1 heterocycles. The number of amides is 1. The Bertz CT molecular complexity index is 719. The number of hydrogen-bond acceptors (Lipinski definition) is 4. The number of carbonyl (C=O) groups excluding carboxylic acids is 1. The topological polar surface area (TPSA) is 103 Å². The lowest BCUT2D eigenvalue weighted by Gasteiger charge is -2.30. The van der Waals surface area contributed by atoms with Gasteiger partial charge >= 0.3 is 0 Å². The molecule has 1 aromatic carbocycles. The summed E-state index contributed by atoms with van der Waals surface area (Å²) in [5.74, 6) is 0.634. The molecule has 1 aliphatic heterocycles. The summed E-state index contributed by atoms with van der Waals surface area (Å²) in [6.45, 7) is 13.5. The van der Waals surface area contributed by atoms with Crippen LogP contribution in [0.1, 0.15) is 70.6 Å². The number of aliphatic hydroxyl groups excluding tert-OH is 1. The van der Waals surface area contributed by atoms with Gasteiger partial charge in [0.1, 0.15) is 0 Å². The van der Waals surface area contributed by atoms with Crippen molar-refractivity contribution >= 4 is 11.9 Å². The number of carbonyl (C=O) groups is 1. The van der Waals surface area contributed by atoms with Gasteiger partial charge in [0, 0.05) is 19.0 Å². The highest BCUT2D eigenvalue weighted by atomic mass is 16.3. The number of hydrogen-bond donors (Lipinski definition) is 4. The summed E-state index contributed by atoms with van der Waals surface area (Å²) in [7, 11) is 0. The van der Waals surface area contributed by atoms with Crippen molar-refractivity contribution in [3.63, 3.8) is 0 Å². The van der Waals surface area contributed by atoms with E-state index in [4.69, 9.17) is 5.73 Å². The zero-order chi connectivity index (χ0) is 23.6. The number of nitrogens with zero attached hydrogens (tertiary/aromatic N) is 2. The Labute approximate surface area is 193 Å². The van der Waals surface area contributed by atoms with E-state index in [1.807, 2.05) is 19.1 Å². The molecule has 7 heteroatoms. The third-order valence-corrected chi connectivity index (χ3v) is 6.11. The molecule has 0 aromatic heterocycles. The van der Waals surface area contributed by atoms with Gasteiger partial charge in [-0.05, 0) is 68.8 Å². The van der Waals surface area contributed by atoms with Gasteiger partial charge in [-0.2, -0.15) is 0 Å². The molecular weight excluding hydrogens is 402 g/mol. The van der Waals surface area contributed by atoms with E-state index in [0.29, 0.717) is 6.54 Å². The first-order valence-corrected chi connectivity index (χ1v) is 12.0. The number of unbranched alkanes of at least 4 members (excludes halogenated alkanes) is 1. The van der Waals surface area contributed by atoms with Gasteiger partial charge in [-0.25, -0.2) is 0 Å². The standard InChI is InChI=1S/C25H43N5O2/c1-5-27-24(28-14-6-7-15-30-16-12-20(13-17-30)23(26)32)29-18-22(31)19-8-10-21(11-9-19)25(2,3)4/h8-11,20,22,31H,5-7,12-18H2,1-4H3,(H2,26,32)(H2,27,28,29). The smallest absolute Gasteiger partial charge is 0.220 e. The van der Waals surface area contributed by atoms with Gasteiger partial charge in [0.25, 0.3) is 0 Å². The molecule has 0 aliphatic carbocycles. The number of rotatable bonds is 10. The summed E-state index contributed by atoms with van der Waals surface area (Å²) >= 11 is 0. The molecule has 0 saturated carbocycles. The first-order valence-electron chi connectivity index (χ1n) is 12.0. The average molecular weight is 446 g/mol.